The average molecular weight is 323 g/mol. The smallest absolute Gasteiger partial charge is 0.191 e. The van der Waals surface area contributed by atoms with Crippen molar-refractivity contribution in [2.24, 2.45) is 4.99 Å². The van der Waals surface area contributed by atoms with E-state index in [9.17, 15) is 0 Å². The lowest BCUT2D eigenvalue weighted by molar-refractivity contribution is 0.402. The van der Waals surface area contributed by atoms with Gasteiger partial charge in [0.05, 0.1) is 0 Å². The first-order valence-electron chi connectivity index (χ1n) is 7.81. The summed E-state index contributed by atoms with van der Waals surface area (Å²) >= 11 is 1.90. The SMILES string of the molecule is CN=C(NCCCCSC)NCc1ccc(CN(C)C)cc1. The molecule has 0 heterocycles. The Hall–Kier alpha value is -1.20. The largest absolute Gasteiger partial charge is 0.356 e. The molecule has 0 spiro atoms. The van der Waals surface area contributed by atoms with Crippen LogP contribution in [-0.2, 0) is 13.1 Å². The summed E-state index contributed by atoms with van der Waals surface area (Å²) in [4.78, 5) is 6.44. The molecule has 0 atom stereocenters. The number of benzene rings is 1. The van der Waals surface area contributed by atoms with Crippen LogP contribution >= 0.6 is 11.8 Å². The maximum atomic E-state index is 4.26. The molecule has 0 aliphatic carbocycles. The Morgan fingerprint density at radius 2 is 1.77 bits per heavy atom. The van der Waals surface area contributed by atoms with E-state index in [1.807, 2.05) is 18.8 Å². The molecule has 124 valence electrons. The molecule has 0 saturated carbocycles. The van der Waals surface area contributed by atoms with Gasteiger partial charge >= 0.3 is 0 Å². The summed E-state index contributed by atoms with van der Waals surface area (Å²) in [6, 6.07) is 8.74. The molecule has 0 saturated heterocycles. The Kier molecular flexibility index (Phi) is 9.75. The van der Waals surface area contributed by atoms with E-state index in [0.717, 1.165) is 25.6 Å². The van der Waals surface area contributed by atoms with Gasteiger partial charge in [-0.1, -0.05) is 24.3 Å². The summed E-state index contributed by atoms with van der Waals surface area (Å²) in [5, 5.41) is 6.72. The minimum Gasteiger partial charge on any atom is -0.356 e. The molecule has 4 nitrogen and oxygen atoms in total. The zero-order valence-corrected chi connectivity index (χ0v) is 15.2. The number of guanidine groups is 1. The molecule has 0 amide bonds. The summed E-state index contributed by atoms with van der Waals surface area (Å²) in [6.07, 6.45) is 4.58. The van der Waals surface area contributed by atoms with Crippen LogP contribution in [0.25, 0.3) is 0 Å². The van der Waals surface area contributed by atoms with Gasteiger partial charge in [0.15, 0.2) is 5.96 Å². The third kappa shape index (κ3) is 8.29. The standard InChI is InChI=1S/C17H30N4S/c1-18-17(19-11-5-6-12-22-4)20-13-15-7-9-16(10-8-15)14-21(2)3/h7-10H,5-6,11-14H2,1-4H3,(H2,18,19,20). The Balaban J connectivity index is 2.30. The number of nitrogens with zero attached hydrogens (tertiary/aromatic N) is 2. The summed E-state index contributed by atoms with van der Waals surface area (Å²) in [6.45, 7) is 2.75. The van der Waals surface area contributed by atoms with E-state index in [1.165, 1.54) is 29.7 Å². The zero-order chi connectivity index (χ0) is 16.2. The second kappa shape index (κ2) is 11.4. The van der Waals surface area contributed by atoms with Crippen LogP contribution in [0.5, 0.6) is 0 Å². The Labute approximate surface area is 139 Å². The van der Waals surface area contributed by atoms with Crippen LogP contribution in [-0.4, -0.2) is 50.6 Å². The molecule has 0 radical (unpaired) electrons. The molecule has 22 heavy (non-hydrogen) atoms. The van der Waals surface area contributed by atoms with Crippen molar-refractivity contribution in [3.05, 3.63) is 35.4 Å². The molecule has 0 aromatic heterocycles. The van der Waals surface area contributed by atoms with Crippen LogP contribution in [0.15, 0.2) is 29.3 Å². The van der Waals surface area contributed by atoms with Crippen LogP contribution < -0.4 is 10.6 Å². The fraction of sp³-hybridized carbons (Fsp3) is 0.588. The van der Waals surface area contributed by atoms with Gasteiger partial charge in [-0.2, -0.15) is 11.8 Å². The lowest BCUT2D eigenvalue weighted by Crippen LogP contribution is -2.37. The molecule has 0 aliphatic rings. The Morgan fingerprint density at radius 3 is 2.36 bits per heavy atom. The molecule has 5 heteroatoms. The van der Waals surface area contributed by atoms with Gasteiger partial charge < -0.3 is 15.5 Å². The quantitative estimate of drug-likeness (QED) is 0.416. The molecule has 0 bridgehead atoms. The van der Waals surface area contributed by atoms with E-state index < -0.39 is 0 Å². The van der Waals surface area contributed by atoms with E-state index in [1.54, 1.807) is 0 Å². The molecule has 0 aliphatic heterocycles. The highest BCUT2D eigenvalue weighted by Gasteiger charge is 1.99. The monoisotopic (exact) mass is 322 g/mol. The van der Waals surface area contributed by atoms with E-state index >= 15 is 0 Å². The van der Waals surface area contributed by atoms with Gasteiger partial charge in [0.2, 0.25) is 0 Å². The van der Waals surface area contributed by atoms with Crippen molar-refractivity contribution < 1.29 is 0 Å². The molecular formula is C17H30N4S. The van der Waals surface area contributed by atoms with Gasteiger partial charge in [0, 0.05) is 26.7 Å². The first-order chi connectivity index (χ1) is 10.7. The van der Waals surface area contributed by atoms with Gasteiger partial charge in [-0.15, -0.1) is 0 Å². The van der Waals surface area contributed by atoms with Crippen LogP contribution in [0, 0.1) is 0 Å². The lowest BCUT2D eigenvalue weighted by Gasteiger charge is -2.13. The second-order valence-corrected chi connectivity index (χ2v) is 6.59. The summed E-state index contributed by atoms with van der Waals surface area (Å²) in [5.41, 5.74) is 2.61. The number of thioether (sulfide) groups is 1. The maximum absolute atomic E-state index is 4.26. The van der Waals surface area contributed by atoms with E-state index in [-0.39, 0.29) is 0 Å². The van der Waals surface area contributed by atoms with Crippen molar-refractivity contribution in [3.8, 4) is 0 Å². The molecule has 0 unspecified atom stereocenters. The predicted octanol–water partition coefficient (Wildman–Crippen LogP) is 2.56. The van der Waals surface area contributed by atoms with Gasteiger partial charge in [0.25, 0.3) is 0 Å². The Bertz CT molecular complexity index is 429. The molecular weight excluding hydrogens is 292 g/mol. The van der Waals surface area contributed by atoms with Gasteiger partial charge in [0.1, 0.15) is 0 Å². The fourth-order valence-electron chi connectivity index (χ4n) is 2.11. The van der Waals surface area contributed by atoms with Crippen LogP contribution in [0.1, 0.15) is 24.0 Å². The van der Waals surface area contributed by atoms with E-state index in [0.29, 0.717) is 0 Å². The third-order valence-corrected chi connectivity index (χ3v) is 3.97. The minimum atomic E-state index is 0.798. The first kappa shape index (κ1) is 18.8. The second-order valence-electron chi connectivity index (χ2n) is 5.61. The average Bonchev–Trinajstić information content (AvgIpc) is 2.51. The van der Waals surface area contributed by atoms with Crippen molar-refractivity contribution in [1.82, 2.24) is 15.5 Å². The first-order valence-corrected chi connectivity index (χ1v) is 9.21. The summed E-state index contributed by atoms with van der Waals surface area (Å²) < 4.78 is 0. The number of nitrogens with one attached hydrogen (secondary N) is 2. The normalized spacial score (nSPS) is 11.8. The zero-order valence-electron chi connectivity index (χ0n) is 14.4. The molecule has 1 rings (SSSR count). The number of hydrogen-bond donors (Lipinski definition) is 2. The van der Waals surface area contributed by atoms with Gasteiger partial charge in [-0.3, -0.25) is 4.99 Å². The lowest BCUT2D eigenvalue weighted by atomic mass is 10.1. The minimum absolute atomic E-state index is 0.798. The van der Waals surface area contributed by atoms with Crippen molar-refractivity contribution in [2.45, 2.75) is 25.9 Å². The molecule has 1 aromatic rings. The highest BCUT2D eigenvalue weighted by atomic mass is 32.2. The number of unbranched alkanes of at least 4 members (excludes halogenated alkanes) is 1. The topological polar surface area (TPSA) is 39.7 Å². The van der Waals surface area contributed by atoms with Gasteiger partial charge in [-0.25, -0.2) is 0 Å². The number of aliphatic imine (C=N–C) groups is 1. The number of rotatable bonds is 9. The number of hydrogen-bond acceptors (Lipinski definition) is 3. The van der Waals surface area contributed by atoms with Crippen LogP contribution in [0.3, 0.4) is 0 Å². The fourth-order valence-corrected chi connectivity index (χ4v) is 2.61. The summed E-state index contributed by atoms with van der Waals surface area (Å²) in [7, 11) is 5.99. The molecule has 2 N–H and O–H groups in total. The van der Waals surface area contributed by atoms with Crippen LogP contribution in [0.2, 0.25) is 0 Å². The van der Waals surface area contributed by atoms with E-state index in [2.05, 4.69) is 65.1 Å². The Morgan fingerprint density at radius 1 is 1.09 bits per heavy atom. The van der Waals surface area contributed by atoms with E-state index in [4.69, 9.17) is 0 Å². The third-order valence-electron chi connectivity index (χ3n) is 3.27. The highest BCUT2D eigenvalue weighted by Crippen LogP contribution is 2.06. The highest BCUT2D eigenvalue weighted by molar-refractivity contribution is 7.98. The van der Waals surface area contributed by atoms with Crippen molar-refractivity contribution >= 4 is 17.7 Å². The maximum Gasteiger partial charge on any atom is 0.191 e. The van der Waals surface area contributed by atoms with Gasteiger partial charge in [-0.05, 0) is 50.1 Å². The predicted molar refractivity (Wildman–Crippen MR) is 99.7 cm³/mol. The molecule has 0 fully saturated rings. The molecule has 1 aromatic carbocycles. The van der Waals surface area contributed by atoms with Crippen molar-refractivity contribution in [1.29, 1.82) is 0 Å². The van der Waals surface area contributed by atoms with Crippen molar-refractivity contribution in [2.75, 3.05) is 39.7 Å². The van der Waals surface area contributed by atoms with Crippen LogP contribution in [0.4, 0.5) is 0 Å². The van der Waals surface area contributed by atoms with Crippen molar-refractivity contribution in [3.63, 3.8) is 0 Å². The summed E-state index contributed by atoms with van der Waals surface area (Å²) in [5.74, 6) is 2.11.